The van der Waals surface area contributed by atoms with Crippen LogP contribution in [0.3, 0.4) is 0 Å². The number of hydrogen-bond acceptors (Lipinski definition) is 3. The zero-order valence-electron chi connectivity index (χ0n) is 15.7. The molecule has 28 heavy (non-hydrogen) atoms. The van der Waals surface area contributed by atoms with Gasteiger partial charge in [0, 0.05) is 36.1 Å². The number of halogens is 4. The quantitative estimate of drug-likeness (QED) is 0.302. The number of hydrogen-bond donors (Lipinski definition) is 2. The van der Waals surface area contributed by atoms with Gasteiger partial charge in [0.15, 0.2) is 5.96 Å². The number of aromatic nitrogens is 1. The van der Waals surface area contributed by atoms with Crippen LogP contribution < -0.4 is 15.4 Å². The molecule has 0 aliphatic rings. The van der Waals surface area contributed by atoms with E-state index in [4.69, 9.17) is 11.6 Å². The van der Waals surface area contributed by atoms with Crippen molar-refractivity contribution in [2.45, 2.75) is 33.4 Å². The summed E-state index contributed by atoms with van der Waals surface area (Å²) in [6.45, 7) is 2.58. The van der Waals surface area contributed by atoms with E-state index in [0.717, 1.165) is 12.0 Å². The lowest BCUT2D eigenvalue weighted by Crippen LogP contribution is -2.38. The smallest absolute Gasteiger partial charge is 0.387 e. The minimum atomic E-state index is -2.90. The summed E-state index contributed by atoms with van der Waals surface area (Å²) in [5, 5.41) is 6.81. The Balaban J connectivity index is 0.00000392. The Morgan fingerprint density at radius 2 is 2.04 bits per heavy atom. The first kappa shape index (κ1) is 24.4. The number of guanidine groups is 1. The molecule has 9 heteroatoms. The van der Waals surface area contributed by atoms with E-state index in [1.807, 2.05) is 26.1 Å². The van der Waals surface area contributed by atoms with Gasteiger partial charge in [-0.2, -0.15) is 8.78 Å². The molecular weight excluding hydrogens is 501 g/mol. The summed E-state index contributed by atoms with van der Waals surface area (Å²) in [5.74, 6) is 0.661. The van der Waals surface area contributed by atoms with Crippen molar-refractivity contribution in [3.8, 4) is 5.75 Å². The molecule has 0 saturated carbocycles. The molecule has 2 rings (SSSR count). The van der Waals surface area contributed by atoms with Crippen molar-refractivity contribution in [3.63, 3.8) is 0 Å². The van der Waals surface area contributed by atoms with E-state index in [1.165, 1.54) is 17.7 Å². The Hall–Kier alpha value is -1.68. The lowest BCUT2D eigenvalue weighted by molar-refractivity contribution is -0.0504. The molecule has 2 aromatic rings. The molecule has 1 aromatic carbocycles. The molecule has 1 heterocycles. The van der Waals surface area contributed by atoms with E-state index in [2.05, 4.69) is 25.3 Å². The van der Waals surface area contributed by atoms with Crippen LogP contribution in [0.2, 0.25) is 5.02 Å². The highest BCUT2D eigenvalue weighted by Crippen LogP contribution is 2.25. The molecule has 0 unspecified atom stereocenters. The van der Waals surface area contributed by atoms with Crippen LogP contribution in [0.15, 0.2) is 41.7 Å². The number of ether oxygens (including phenoxy) is 1. The third-order valence-corrected chi connectivity index (χ3v) is 4.05. The molecule has 0 radical (unpaired) electrons. The predicted octanol–water partition coefficient (Wildman–Crippen LogP) is 4.56. The van der Waals surface area contributed by atoms with Crippen LogP contribution in [0.1, 0.15) is 23.6 Å². The lowest BCUT2D eigenvalue weighted by atomic mass is 10.1. The second kappa shape index (κ2) is 12.7. The lowest BCUT2D eigenvalue weighted by Gasteiger charge is -2.13. The van der Waals surface area contributed by atoms with Crippen LogP contribution in [0.25, 0.3) is 0 Å². The first-order chi connectivity index (χ1) is 13.0. The van der Waals surface area contributed by atoms with Crippen LogP contribution in [0, 0.1) is 6.92 Å². The molecule has 5 nitrogen and oxygen atoms in total. The first-order valence-electron chi connectivity index (χ1n) is 8.64. The van der Waals surface area contributed by atoms with Gasteiger partial charge in [-0.1, -0.05) is 11.6 Å². The number of alkyl halides is 2. The Morgan fingerprint density at radius 1 is 1.25 bits per heavy atom. The van der Waals surface area contributed by atoms with E-state index in [-0.39, 0.29) is 36.3 Å². The van der Waals surface area contributed by atoms with Crippen molar-refractivity contribution in [2.24, 2.45) is 4.99 Å². The highest BCUT2D eigenvalue weighted by atomic mass is 127. The molecule has 0 fully saturated rings. The third kappa shape index (κ3) is 8.14. The van der Waals surface area contributed by atoms with Crippen molar-refractivity contribution in [2.75, 3.05) is 13.1 Å². The van der Waals surface area contributed by atoms with Gasteiger partial charge in [0.2, 0.25) is 0 Å². The molecule has 0 saturated heterocycles. The van der Waals surface area contributed by atoms with Gasteiger partial charge < -0.3 is 15.4 Å². The monoisotopic (exact) mass is 524 g/mol. The number of pyridine rings is 1. The van der Waals surface area contributed by atoms with Crippen molar-refractivity contribution in [1.29, 1.82) is 0 Å². The first-order valence-corrected chi connectivity index (χ1v) is 9.02. The molecule has 1 aromatic heterocycles. The van der Waals surface area contributed by atoms with Gasteiger partial charge in [-0.05, 0) is 55.7 Å². The van der Waals surface area contributed by atoms with E-state index in [0.29, 0.717) is 29.6 Å². The summed E-state index contributed by atoms with van der Waals surface area (Å²) in [6.07, 6.45) is 4.42. The third-order valence-electron chi connectivity index (χ3n) is 3.81. The Morgan fingerprint density at radius 3 is 2.71 bits per heavy atom. The fourth-order valence-corrected chi connectivity index (χ4v) is 2.68. The summed E-state index contributed by atoms with van der Waals surface area (Å²) in [4.78, 5) is 8.53. The normalized spacial score (nSPS) is 11.1. The van der Waals surface area contributed by atoms with Crippen molar-refractivity contribution >= 4 is 41.5 Å². The van der Waals surface area contributed by atoms with Crippen LogP contribution in [0.4, 0.5) is 8.78 Å². The second-order valence-electron chi connectivity index (χ2n) is 5.80. The average Bonchev–Trinajstić information content (AvgIpc) is 2.63. The van der Waals surface area contributed by atoms with Gasteiger partial charge >= 0.3 is 6.61 Å². The minimum absolute atomic E-state index is 0. The topological polar surface area (TPSA) is 58.5 Å². The van der Waals surface area contributed by atoms with E-state index in [1.54, 1.807) is 12.3 Å². The highest BCUT2D eigenvalue weighted by molar-refractivity contribution is 14.0. The minimum Gasteiger partial charge on any atom is -0.434 e. The van der Waals surface area contributed by atoms with Crippen LogP contribution >= 0.6 is 35.6 Å². The summed E-state index contributed by atoms with van der Waals surface area (Å²) >= 11 is 5.97. The van der Waals surface area contributed by atoms with Gasteiger partial charge in [0.25, 0.3) is 0 Å². The summed E-state index contributed by atoms with van der Waals surface area (Å²) < 4.78 is 29.7. The maximum Gasteiger partial charge on any atom is 0.387 e. The number of nitrogens with one attached hydrogen (secondary N) is 2. The maximum atomic E-state index is 12.6. The fraction of sp³-hybridized carbons (Fsp3) is 0.368. The molecule has 0 aliphatic heterocycles. The van der Waals surface area contributed by atoms with Gasteiger partial charge in [-0.3, -0.25) is 4.98 Å². The number of rotatable bonds is 8. The molecule has 2 N–H and O–H groups in total. The average molecular weight is 525 g/mol. The van der Waals surface area contributed by atoms with Gasteiger partial charge in [-0.25, -0.2) is 4.99 Å². The Labute approximate surface area is 186 Å². The number of benzene rings is 1. The predicted molar refractivity (Wildman–Crippen MR) is 119 cm³/mol. The number of aliphatic imine (C=N–C) groups is 1. The maximum absolute atomic E-state index is 12.6. The van der Waals surface area contributed by atoms with Gasteiger partial charge in [0.05, 0.1) is 6.54 Å². The molecule has 0 amide bonds. The Bertz CT molecular complexity index is 777. The van der Waals surface area contributed by atoms with Crippen molar-refractivity contribution in [3.05, 3.63) is 58.4 Å². The van der Waals surface area contributed by atoms with E-state index >= 15 is 0 Å². The second-order valence-corrected chi connectivity index (χ2v) is 6.24. The molecule has 0 aliphatic carbocycles. The molecular formula is C19H24ClF2IN4O. The standard InChI is InChI=1S/C19H23ClF2N4O.HI/c1-3-24-19(25-9-7-14-6-8-23-11-13(14)2)26-12-15-10-16(20)4-5-17(15)27-18(21)22;/h4-6,8,10-11,18H,3,7,9,12H2,1-2H3,(H2,24,25,26);1H. The summed E-state index contributed by atoms with van der Waals surface area (Å²) in [5.41, 5.74) is 2.83. The summed E-state index contributed by atoms with van der Waals surface area (Å²) in [7, 11) is 0. The highest BCUT2D eigenvalue weighted by Gasteiger charge is 2.10. The Kier molecular flexibility index (Phi) is 11.1. The number of nitrogens with zero attached hydrogens (tertiary/aromatic N) is 2. The van der Waals surface area contributed by atoms with Crippen molar-refractivity contribution < 1.29 is 13.5 Å². The van der Waals surface area contributed by atoms with Crippen LogP contribution in [-0.2, 0) is 13.0 Å². The van der Waals surface area contributed by atoms with E-state index < -0.39 is 6.61 Å². The van der Waals surface area contributed by atoms with Crippen molar-refractivity contribution in [1.82, 2.24) is 15.6 Å². The van der Waals surface area contributed by atoms with Gasteiger partial charge in [-0.15, -0.1) is 24.0 Å². The largest absolute Gasteiger partial charge is 0.434 e. The molecule has 154 valence electrons. The van der Waals surface area contributed by atoms with E-state index in [9.17, 15) is 8.78 Å². The molecule has 0 bridgehead atoms. The van der Waals surface area contributed by atoms with Crippen LogP contribution in [0.5, 0.6) is 5.75 Å². The molecule has 0 atom stereocenters. The summed E-state index contributed by atoms with van der Waals surface area (Å²) in [6, 6.07) is 6.49. The number of aryl methyl sites for hydroxylation is 1. The molecule has 0 spiro atoms. The zero-order chi connectivity index (χ0) is 19.6. The zero-order valence-corrected chi connectivity index (χ0v) is 18.8. The SMILES string of the molecule is CCNC(=NCc1cc(Cl)ccc1OC(F)F)NCCc1ccncc1C.I. The van der Waals surface area contributed by atoms with Gasteiger partial charge in [0.1, 0.15) is 5.75 Å². The van der Waals surface area contributed by atoms with Crippen LogP contribution in [-0.4, -0.2) is 30.6 Å². The fourth-order valence-electron chi connectivity index (χ4n) is 2.49.